The number of nitrogens with zero attached hydrogens (tertiary/aromatic N) is 1. The fourth-order valence-corrected chi connectivity index (χ4v) is 3.80. The summed E-state index contributed by atoms with van der Waals surface area (Å²) in [5.74, 6) is -1.09. The number of hydrogen-bond donors (Lipinski definition) is 0. The Balaban J connectivity index is 1.62. The van der Waals surface area contributed by atoms with E-state index in [1.807, 2.05) is 0 Å². The molecular formula is C22H19ClFNO4. The number of benzene rings is 2. The topological polar surface area (TPSA) is 55.8 Å². The summed E-state index contributed by atoms with van der Waals surface area (Å²) in [5, 5.41) is 0.474. The molecule has 1 fully saturated rings. The van der Waals surface area contributed by atoms with Gasteiger partial charge in [-0.25, -0.2) is 9.18 Å². The molecule has 0 atom stereocenters. The molecule has 0 radical (unpaired) electrons. The Kier molecular flexibility index (Phi) is 5.39. The minimum absolute atomic E-state index is 0.00846. The van der Waals surface area contributed by atoms with E-state index in [2.05, 4.69) is 0 Å². The van der Waals surface area contributed by atoms with E-state index in [0.29, 0.717) is 40.6 Å². The van der Waals surface area contributed by atoms with Crippen LogP contribution in [0.4, 0.5) is 4.39 Å². The third-order valence-corrected chi connectivity index (χ3v) is 5.49. The zero-order valence-corrected chi connectivity index (χ0v) is 16.5. The van der Waals surface area contributed by atoms with Gasteiger partial charge in [-0.1, -0.05) is 17.7 Å². The SMILES string of the molecule is COC1CCN(C(=O)c2cc(/C=C3\OC(=O)c4ccc(Cl)cc43)ccc2F)CC1. The average molecular weight is 416 g/mol. The molecule has 2 aliphatic heterocycles. The third kappa shape index (κ3) is 3.91. The minimum Gasteiger partial charge on any atom is -0.422 e. The molecular weight excluding hydrogens is 397 g/mol. The third-order valence-electron chi connectivity index (χ3n) is 5.25. The lowest BCUT2D eigenvalue weighted by Crippen LogP contribution is -2.40. The largest absolute Gasteiger partial charge is 0.422 e. The highest BCUT2D eigenvalue weighted by atomic mass is 35.5. The zero-order valence-electron chi connectivity index (χ0n) is 15.8. The lowest BCUT2D eigenvalue weighted by atomic mass is 10.0. The van der Waals surface area contributed by atoms with Crippen LogP contribution in [0.25, 0.3) is 11.8 Å². The second-order valence-electron chi connectivity index (χ2n) is 7.05. The Hall–Kier alpha value is -2.70. The van der Waals surface area contributed by atoms with Gasteiger partial charge in [-0.05, 0) is 54.8 Å². The average Bonchev–Trinajstić information content (AvgIpc) is 3.03. The number of likely N-dealkylation sites (tertiary alicyclic amines) is 1. The number of ether oxygens (including phenoxy) is 2. The van der Waals surface area contributed by atoms with E-state index in [9.17, 15) is 14.0 Å². The van der Waals surface area contributed by atoms with Gasteiger partial charge in [0.15, 0.2) is 0 Å². The number of rotatable bonds is 3. The molecule has 0 unspecified atom stereocenters. The van der Waals surface area contributed by atoms with Crippen molar-refractivity contribution in [3.63, 3.8) is 0 Å². The number of carbonyl (C=O) groups is 2. The molecule has 0 aromatic heterocycles. The second kappa shape index (κ2) is 7.97. The van der Waals surface area contributed by atoms with Gasteiger partial charge >= 0.3 is 5.97 Å². The van der Waals surface area contributed by atoms with Gasteiger partial charge in [0.2, 0.25) is 0 Å². The Bertz CT molecular complexity index is 1010. The molecule has 150 valence electrons. The Morgan fingerprint density at radius 1 is 1.21 bits per heavy atom. The van der Waals surface area contributed by atoms with Crippen LogP contribution in [0.1, 0.15) is 44.7 Å². The van der Waals surface area contributed by atoms with Crippen molar-refractivity contribution >= 4 is 35.3 Å². The summed E-state index contributed by atoms with van der Waals surface area (Å²) < 4.78 is 25.0. The van der Waals surface area contributed by atoms with E-state index < -0.39 is 11.8 Å². The van der Waals surface area contributed by atoms with Crippen LogP contribution in [-0.2, 0) is 9.47 Å². The summed E-state index contributed by atoms with van der Waals surface area (Å²) in [7, 11) is 1.65. The van der Waals surface area contributed by atoms with Crippen molar-refractivity contribution < 1.29 is 23.5 Å². The highest BCUT2D eigenvalue weighted by molar-refractivity contribution is 6.31. The van der Waals surface area contributed by atoms with Gasteiger partial charge in [0.05, 0.1) is 17.2 Å². The van der Waals surface area contributed by atoms with E-state index in [1.54, 1.807) is 36.3 Å². The van der Waals surface area contributed by atoms with Gasteiger partial charge in [0.25, 0.3) is 5.91 Å². The number of piperidine rings is 1. The molecule has 29 heavy (non-hydrogen) atoms. The van der Waals surface area contributed by atoms with Gasteiger partial charge in [0.1, 0.15) is 11.6 Å². The standard InChI is InChI=1S/C22H19ClFNO4/c1-28-15-6-8-25(9-7-15)21(26)18-10-13(2-5-19(18)24)11-20-17-12-14(23)3-4-16(17)22(27)29-20/h2-5,10-12,15H,6-9H2,1H3/b20-11-. The Labute approximate surface area is 172 Å². The molecule has 0 N–H and O–H groups in total. The maximum atomic E-state index is 14.4. The fraction of sp³-hybridized carbons (Fsp3) is 0.273. The lowest BCUT2D eigenvalue weighted by Gasteiger charge is -2.31. The van der Waals surface area contributed by atoms with Crippen LogP contribution in [0, 0.1) is 5.82 Å². The number of halogens is 2. The number of hydrogen-bond acceptors (Lipinski definition) is 4. The Morgan fingerprint density at radius 3 is 2.69 bits per heavy atom. The van der Waals surface area contributed by atoms with Crippen molar-refractivity contribution in [2.75, 3.05) is 20.2 Å². The normalized spacial score (nSPS) is 18.1. The first-order valence-corrected chi connectivity index (χ1v) is 9.69. The van der Waals surface area contributed by atoms with E-state index >= 15 is 0 Å². The summed E-state index contributed by atoms with van der Waals surface area (Å²) in [6.07, 6.45) is 3.18. The summed E-state index contributed by atoms with van der Waals surface area (Å²) in [4.78, 5) is 26.5. The van der Waals surface area contributed by atoms with E-state index in [4.69, 9.17) is 21.1 Å². The molecule has 0 spiro atoms. The molecule has 2 heterocycles. The van der Waals surface area contributed by atoms with Crippen LogP contribution in [0.2, 0.25) is 5.02 Å². The molecule has 5 nitrogen and oxygen atoms in total. The predicted molar refractivity (Wildman–Crippen MR) is 107 cm³/mol. The van der Waals surface area contributed by atoms with Gasteiger partial charge in [-0.15, -0.1) is 0 Å². The lowest BCUT2D eigenvalue weighted by molar-refractivity contribution is 0.0348. The van der Waals surface area contributed by atoms with Crippen LogP contribution in [0.3, 0.4) is 0 Å². The number of fused-ring (bicyclic) bond motifs is 1. The minimum atomic E-state index is -0.585. The van der Waals surface area contributed by atoms with Crippen LogP contribution in [0.5, 0.6) is 0 Å². The summed E-state index contributed by atoms with van der Waals surface area (Å²) in [6, 6.07) is 9.12. The van der Waals surface area contributed by atoms with Gasteiger partial charge in [0, 0.05) is 30.8 Å². The van der Waals surface area contributed by atoms with Crippen LogP contribution >= 0.6 is 11.6 Å². The first-order valence-electron chi connectivity index (χ1n) is 9.31. The number of esters is 1. The van der Waals surface area contributed by atoms with Crippen molar-refractivity contribution in [2.24, 2.45) is 0 Å². The quantitative estimate of drug-likeness (QED) is 0.697. The van der Waals surface area contributed by atoms with E-state index in [0.717, 1.165) is 12.8 Å². The van der Waals surface area contributed by atoms with Crippen molar-refractivity contribution in [1.82, 2.24) is 4.90 Å². The van der Waals surface area contributed by atoms with E-state index in [-0.39, 0.29) is 17.6 Å². The highest BCUT2D eigenvalue weighted by Gasteiger charge is 2.28. The predicted octanol–water partition coefficient (Wildman–Crippen LogP) is 4.40. The maximum absolute atomic E-state index is 14.4. The molecule has 2 aromatic carbocycles. The number of carbonyl (C=O) groups excluding carboxylic acids is 2. The van der Waals surface area contributed by atoms with E-state index in [1.165, 1.54) is 18.2 Å². The summed E-state index contributed by atoms with van der Waals surface area (Å²) in [5.41, 5.74) is 1.53. The number of methoxy groups -OCH3 is 1. The van der Waals surface area contributed by atoms with Crippen molar-refractivity contribution in [2.45, 2.75) is 18.9 Å². The molecule has 1 saturated heterocycles. The molecule has 0 saturated carbocycles. The smallest absolute Gasteiger partial charge is 0.344 e. The molecule has 0 aliphatic carbocycles. The van der Waals surface area contributed by atoms with Crippen LogP contribution in [-0.4, -0.2) is 43.1 Å². The van der Waals surface area contributed by atoms with Crippen molar-refractivity contribution in [3.05, 3.63) is 69.5 Å². The maximum Gasteiger partial charge on any atom is 0.344 e. The molecule has 4 rings (SSSR count). The van der Waals surface area contributed by atoms with Gasteiger partial charge < -0.3 is 14.4 Å². The fourth-order valence-electron chi connectivity index (χ4n) is 3.63. The van der Waals surface area contributed by atoms with Gasteiger partial charge in [-0.3, -0.25) is 4.79 Å². The number of cyclic esters (lactones) is 1. The molecule has 0 bridgehead atoms. The second-order valence-corrected chi connectivity index (χ2v) is 7.49. The van der Waals surface area contributed by atoms with Crippen molar-refractivity contribution in [1.29, 1.82) is 0 Å². The first-order chi connectivity index (χ1) is 14.0. The molecule has 7 heteroatoms. The highest BCUT2D eigenvalue weighted by Crippen LogP contribution is 2.33. The zero-order chi connectivity index (χ0) is 20.5. The van der Waals surface area contributed by atoms with Crippen LogP contribution in [0.15, 0.2) is 36.4 Å². The number of amides is 1. The molecule has 2 aromatic rings. The molecule has 2 aliphatic rings. The molecule has 1 amide bonds. The Morgan fingerprint density at radius 2 is 1.97 bits per heavy atom. The van der Waals surface area contributed by atoms with Gasteiger partial charge in [-0.2, -0.15) is 0 Å². The first kappa shape index (κ1) is 19.6. The summed E-state index contributed by atoms with van der Waals surface area (Å²) in [6.45, 7) is 1.04. The van der Waals surface area contributed by atoms with Crippen LogP contribution < -0.4 is 0 Å². The summed E-state index contributed by atoms with van der Waals surface area (Å²) >= 11 is 6.03. The van der Waals surface area contributed by atoms with Crippen molar-refractivity contribution in [3.8, 4) is 0 Å². The monoisotopic (exact) mass is 415 g/mol.